The lowest BCUT2D eigenvalue weighted by Crippen LogP contribution is -2.69. The van der Waals surface area contributed by atoms with E-state index in [0.29, 0.717) is 21.9 Å². The van der Waals surface area contributed by atoms with Crippen molar-refractivity contribution in [1.82, 2.24) is 9.88 Å². The summed E-state index contributed by atoms with van der Waals surface area (Å²) in [5, 5.41) is 0.0273. The van der Waals surface area contributed by atoms with Gasteiger partial charge in [0.25, 0.3) is 0 Å². The van der Waals surface area contributed by atoms with Crippen LogP contribution in [0.15, 0.2) is 23.9 Å². The minimum absolute atomic E-state index is 0.0273. The third-order valence-electron chi connectivity index (χ3n) is 2.93. The summed E-state index contributed by atoms with van der Waals surface area (Å²) < 4.78 is 4.87. The number of amides is 1. The molecule has 0 aromatic heterocycles. The lowest BCUT2D eigenvalue weighted by molar-refractivity contribution is -0.147. The van der Waals surface area contributed by atoms with E-state index in [4.69, 9.17) is 4.43 Å². The Labute approximate surface area is 110 Å². The minimum Gasteiger partial charge on any atom is -0.524 e. The first-order valence-electron chi connectivity index (χ1n) is 5.21. The number of hydrogen-bond acceptors (Lipinski definition) is 5. The molecular weight excluding hydrogens is 272 g/mol. The molecule has 2 aliphatic heterocycles. The molecule has 1 saturated heterocycles. The fourth-order valence-corrected chi connectivity index (χ4v) is 4.42. The maximum absolute atomic E-state index is 11.9. The van der Waals surface area contributed by atoms with Gasteiger partial charge in [-0.3, -0.25) is 9.69 Å². The van der Waals surface area contributed by atoms with Crippen LogP contribution in [0.3, 0.4) is 0 Å². The monoisotopic (exact) mass is 286 g/mol. The standard InChI is InChI=1S/C9H14N2O3SSi2/c1-2-4-3-15-8-5(10-16)7(12)11(8)6(4)9(13)14-17/h2,5,8,10H,1,3H2,16-17H3/t5?,8-/m0/s1. The van der Waals surface area contributed by atoms with Crippen molar-refractivity contribution in [2.75, 3.05) is 5.75 Å². The molecule has 17 heavy (non-hydrogen) atoms. The number of hydrogen-bond donors (Lipinski definition) is 1. The molecule has 1 fully saturated rings. The van der Waals surface area contributed by atoms with Gasteiger partial charge in [-0.25, -0.2) is 4.79 Å². The van der Waals surface area contributed by atoms with Gasteiger partial charge in [0.05, 0.1) is 10.4 Å². The summed E-state index contributed by atoms with van der Waals surface area (Å²) in [6.07, 6.45) is 1.63. The van der Waals surface area contributed by atoms with Gasteiger partial charge in [-0.2, -0.15) is 0 Å². The van der Waals surface area contributed by atoms with Gasteiger partial charge in [0, 0.05) is 5.75 Å². The van der Waals surface area contributed by atoms with Gasteiger partial charge in [-0.1, -0.05) is 12.7 Å². The second-order valence-electron chi connectivity index (χ2n) is 3.75. The Morgan fingerprint density at radius 3 is 2.94 bits per heavy atom. The molecule has 2 atom stereocenters. The molecule has 8 heteroatoms. The second-order valence-corrected chi connectivity index (χ2v) is 5.84. The Kier molecular flexibility index (Phi) is 3.57. The average molecular weight is 286 g/mol. The molecule has 1 unspecified atom stereocenters. The fraction of sp³-hybridized carbons (Fsp3) is 0.333. The Balaban J connectivity index is 2.36. The Morgan fingerprint density at radius 2 is 2.41 bits per heavy atom. The van der Waals surface area contributed by atoms with Gasteiger partial charge in [-0.15, -0.1) is 11.8 Å². The van der Waals surface area contributed by atoms with Gasteiger partial charge >= 0.3 is 5.97 Å². The molecule has 0 bridgehead atoms. The van der Waals surface area contributed by atoms with Gasteiger partial charge in [0.2, 0.25) is 16.4 Å². The molecule has 0 saturated carbocycles. The third kappa shape index (κ3) is 1.80. The Hall–Kier alpha value is -0.836. The molecule has 92 valence electrons. The highest BCUT2D eigenvalue weighted by atomic mass is 32.2. The second kappa shape index (κ2) is 4.80. The number of fused-ring (bicyclic) bond motifs is 1. The van der Waals surface area contributed by atoms with Crippen LogP contribution in [0, 0.1) is 0 Å². The molecule has 0 aliphatic carbocycles. The summed E-state index contributed by atoms with van der Waals surface area (Å²) in [5.74, 6) is 0.250. The predicted octanol–water partition coefficient (Wildman–Crippen LogP) is -2.60. The number of thioether (sulfide) groups is 1. The van der Waals surface area contributed by atoms with Crippen LogP contribution in [0.25, 0.3) is 0 Å². The van der Waals surface area contributed by atoms with E-state index in [1.54, 1.807) is 22.7 Å². The lowest BCUT2D eigenvalue weighted by Gasteiger charge is -2.49. The van der Waals surface area contributed by atoms with Crippen molar-refractivity contribution in [1.29, 1.82) is 0 Å². The van der Waals surface area contributed by atoms with Gasteiger partial charge in [-0.05, 0) is 5.57 Å². The van der Waals surface area contributed by atoms with Crippen LogP contribution in [0.1, 0.15) is 0 Å². The third-order valence-corrected chi connectivity index (χ3v) is 5.23. The number of nitrogens with zero attached hydrogens (tertiary/aromatic N) is 1. The normalized spacial score (nSPS) is 27.8. The predicted molar refractivity (Wildman–Crippen MR) is 73.2 cm³/mol. The summed E-state index contributed by atoms with van der Waals surface area (Å²) >= 11 is 1.65. The molecule has 1 amide bonds. The topological polar surface area (TPSA) is 58.6 Å². The van der Waals surface area contributed by atoms with Crippen molar-refractivity contribution >= 4 is 44.5 Å². The first-order valence-corrected chi connectivity index (χ1v) is 8.08. The molecule has 2 rings (SSSR count). The zero-order valence-electron chi connectivity index (χ0n) is 9.73. The maximum Gasteiger partial charge on any atom is 0.341 e. The highest BCUT2D eigenvalue weighted by molar-refractivity contribution is 8.00. The van der Waals surface area contributed by atoms with Gasteiger partial charge < -0.3 is 9.41 Å². The van der Waals surface area contributed by atoms with E-state index in [9.17, 15) is 9.59 Å². The minimum atomic E-state index is -0.406. The van der Waals surface area contributed by atoms with Crippen molar-refractivity contribution in [3.8, 4) is 0 Å². The molecule has 2 heterocycles. The van der Waals surface area contributed by atoms with Crippen molar-refractivity contribution in [2.45, 2.75) is 11.4 Å². The van der Waals surface area contributed by atoms with E-state index in [0.717, 1.165) is 16.0 Å². The number of rotatable bonds is 3. The molecule has 0 spiro atoms. The van der Waals surface area contributed by atoms with Crippen LogP contribution >= 0.6 is 11.8 Å². The van der Waals surface area contributed by atoms with Gasteiger partial charge in [0.1, 0.15) is 17.1 Å². The molecular formula is C9H14N2O3SSi2. The Morgan fingerprint density at radius 1 is 1.71 bits per heavy atom. The maximum atomic E-state index is 11.9. The van der Waals surface area contributed by atoms with E-state index in [1.807, 2.05) is 0 Å². The van der Waals surface area contributed by atoms with E-state index in [-0.39, 0.29) is 17.3 Å². The lowest BCUT2D eigenvalue weighted by atomic mass is 10.0. The fourth-order valence-electron chi connectivity index (χ4n) is 2.02. The molecule has 1 N–H and O–H groups in total. The van der Waals surface area contributed by atoms with Crippen LogP contribution < -0.4 is 4.98 Å². The molecule has 0 radical (unpaired) electrons. The van der Waals surface area contributed by atoms with Crippen LogP contribution in [-0.4, -0.2) is 54.8 Å². The van der Waals surface area contributed by atoms with Gasteiger partial charge in [0.15, 0.2) is 0 Å². The molecule has 0 aromatic carbocycles. The quantitative estimate of drug-likeness (QED) is 0.456. The number of carbonyl (C=O) groups excluding carboxylic acids is 2. The van der Waals surface area contributed by atoms with E-state index < -0.39 is 5.97 Å². The summed E-state index contributed by atoms with van der Waals surface area (Å²) in [6.45, 7) is 3.68. The summed E-state index contributed by atoms with van der Waals surface area (Å²) in [4.78, 5) is 28.3. The number of β-lactam (4-membered cyclic amide) rings is 1. The SMILES string of the molecule is C=CC1=C(C(=O)O[SiH3])N2C(=O)C(N[SiH3])[C@@H]2SC1. The van der Waals surface area contributed by atoms with Crippen molar-refractivity contribution in [3.05, 3.63) is 23.9 Å². The smallest absolute Gasteiger partial charge is 0.341 e. The Bertz CT molecular complexity index is 426. The van der Waals surface area contributed by atoms with E-state index >= 15 is 0 Å². The zero-order valence-corrected chi connectivity index (χ0v) is 14.5. The molecule has 5 nitrogen and oxygen atoms in total. The van der Waals surface area contributed by atoms with Crippen LogP contribution in [-0.2, 0) is 14.0 Å². The summed E-state index contributed by atoms with van der Waals surface area (Å²) in [5.41, 5.74) is 1.17. The van der Waals surface area contributed by atoms with Crippen LogP contribution in [0.2, 0.25) is 0 Å². The van der Waals surface area contributed by atoms with Crippen molar-refractivity contribution in [3.63, 3.8) is 0 Å². The highest BCUT2D eigenvalue weighted by Gasteiger charge is 2.52. The first kappa shape index (κ1) is 12.6. The van der Waals surface area contributed by atoms with Crippen molar-refractivity contribution < 1.29 is 14.0 Å². The molecule has 2 aliphatic rings. The zero-order chi connectivity index (χ0) is 12.6. The number of allylic oxidation sites excluding steroid dienone is 1. The van der Waals surface area contributed by atoms with Crippen LogP contribution in [0.4, 0.5) is 0 Å². The van der Waals surface area contributed by atoms with E-state index in [1.165, 1.54) is 0 Å². The molecule has 0 aromatic rings. The van der Waals surface area contributed by atoms with Crippen molar-refractivity contribution in [2.24, 2.45) is 0 Å². The largest absolute Gasteiger partial charge is 0.524 e. The number of carbonyl (C=O) groups is 2. The first-order chi connectivity index (χ1) is 8.15. The highest BCUT2D eigenvalue weighted by Crippen LogP contribution is 2.40. The summed E-state index contributed by atoms with van der Waals surface area (Å²) in [6, 6.07) is -0.144. The summed E-state index contributed by atoms with van der Waals surface area (Å²) in [7, 11) is 1.09. The average Bonchev–Trinajstić information content (AvgIpc) is 2.36. The van der Waals surface area contributed by atoms with E-state index in [2.05, 4.69) is 11.6 Å². The van der Waals surface area contributed by atoms with Crippen LogP contribution in [0.5, 0.6) is 0 Å². The number of nitrogens with one attached hydrogen (secondary N) is 1.